The molecule has 1 amide bonds. The fraction of sp³-hybridized carbons (Fsp3) is 0.429. The molecule has 2 aromatic carbocycles. The number of benzene rings is 2. The number of fused-ring (bicyclic) bond motifs is 3. The van der Waals surface area contributed by atoms with Crippen molar-refractivity contribution in [3.05, 3.63) is 52.8 Å². The highest BCUT2D eigenvalue weighted by molar-refractivity contribution is 9.10. The molecule has 10 nitrogen and oxygen atoms in total. The smallest absolute Gasteiger partial charge is 0.248 e. The van der Waals surface area contributed by atoms with E-state index in [9.17, 15) is 4.79 Å². The summed E-state index contributed by atoms with van der Waals surface area (Å²) in [6, 6.07) is 13.3. The number of halogens is 1. The third kappa shape index (κ3) is 5.23. The van der Waals surface area contributed by atoms with E-state index in [1.165, 1.54) is 0 Å². The van der Waals surface area contributed by atoms with E-state index in [4.69, 9.17) is 25.5 Å². The van der Waals surface area contributed by atoms with Crippen molar-refractivity contribution in [2.24, 2.45) is 11.7 Å². The van der Waals surface area contributed by atoms with Gasteiger partial charge in [0.15, 0.2) is 22.8 Å². The Kier molecular flexibility index (Phi) is 7.86. The molecule has 2 aromatic heterocycles. The first-order chi connectivity index (χ1) is 18.7. The van der Waals surface area contributed by atoms with Gasteiger partial charge in [-0.15, -0.1) is 5.10 Å². The van der Waals surface area contributed by atoms with Crippen LogP contribution in [0.5, 0.6) is 5.75 Å². The van der Waals surface area contributed by atoms with Gasteiger partial charge in [-0.2, -0.15) is 4.52 Å². The van der Waals surface area contributed by atoms with Crippen molar-refractivity contribution in [3.8, 4) is 17.1 Å². The Labute approximate surface area is 236 Å². The van der Waals surface area contributed by atoms with Gasteiger partial charge in [0.25, 0.3) is 0 Å². The average Bonchev–Trinajstić information content (AvgIpc) is 3.39. The highest BCUT2D eigenvalue weighted by Crippen LogP contribution is 2.33. The third-order valence-corrected chi connectivity index (χ3v) is 8.21. The normalized spacial score (nSPS) is 16.6. The summed E-state index contributed by atoms with van der Waals surface area (Å²) in [7, 11) is 3.76. The van der Waals surface area contributed by atoms with E-state index in [1.54, 1.807) is 11.6 Å². The Bertz CT molecular complexity index is 1480. The number of nitrogens with two attached hydrogens (primary N) is 1. The number of rotatable bonds is 8. The maximum atomic E-state index is 13.8. The van der Waals surface area contributed by atoms with Gasteiger partial charge in [0.1, 0.15) is 5.75 Å². The van der Waals surface area contributed by atoms with Crippen LogP contribution in [-0.2, 0) is 10.3 Å². The molecule has 1 saturated heterocycles. The standard InChI is InChI=1S/C28H35BrN8O2/c1-18(2)28(30,27(38)31-12-13-36-16-14-35(3)15-17-36)26-32-23-21(6-5-7-22(23)29)25-33-24(34-37(25)26)19-8-10-20(39-4)11-9-19/h5-11,18H,12-17,30H2,1-4H3,(H,31,38)/t28-/m0/s1. The minimum absolute atomic E-state index is 0.273. The van der Waals surface area contributed by atoms with E-state index in [2.05, 4.69) is 38.1 Å². The Morgan fingerprint density at radius 2 is 1.85 bits per heavy atom. The Hall–Kier alpha value is -3.12. The van der Waals surface area contributed by atoms with E-state index < -0.39 is 5.54 Å². The molecular weight excluding hydrogens is 560 g/mol. The summed E-state index contributed by atoms with van der Waals surface area (Å²) < 4.78 is 7.72. The van der Waals surface area contributed by atoms with Crippen molar-refractivity contribution >= 4 is 38.4 Å². The number of carbonyl (C=O) groups excluding carboxylic acids is 1. The van der Waals surface area contributed by atoms with Gasteiger partial charge in [0, 0.05) is 54.7 Å². The summed E-state index contributed by atoms with van der Waals surface area (Å²) in [5.41, 5.74) is 7.65. The molecule has 0 unspecified atom stereocenters. The van der Waals surface area contributed by atoms with Crippen LogP contribution in [0.1, 0.15) is 19.7 Å². The van der Waals surface area contributed by atoms with Gasteiger partial charge in [-0.05, 0) is 65.3 Å². The number of nitrogens with one attached hydrogen (secondary N) is 1. The lowest BCUT2D eigenvalue weighted by atomic mass is 9.85. The summed E-state index contributed by atoms with van der Waals surface area (Å²) in [6.07, 6.45) is 0. The van der Waals surface area contributed by atoms with E-state index >= 15 is 0 Å². The molecule has 5 rings (SSSR count). The molecule has 0 spiro atoms. The van der Waals surface area contributed by atoms with Crippen molar-refractivity contribution in [2.45, 2.75) is 19.4 Å². The zero-order valence-corrected chi connectivity index (χ0v) is 24.4. The Morgan fingerprint density at radius 1 is 1.13 bits per heavy atom. The summed E-state index contributed by atoms with van der Waals surface area (Å²) in [6.45, 7) is 9.15. The Balaban J connectivity index is 1.55. The predicted octanol–water partition coefficient (Wildman–Crippen LogP) is 2.89. The summed E-state index contributed by atoms with van der Waals surface area (Å²) >= 11 is 3.63. The second-order valence-corrected chi connectivity index (χ2v) is 11.2. The molecule has 4 aromatic rings. The molecular formula is C28H35BrN8O2. The fourth-order valence-corrected chi connectivity index (χ4v) is 5.35. The number of amides is 1. The molecule has 1 aliphatic rings. The molecule has 0 saturated carbocycles. The van der Waals surface area contributed by atoms with Crippen LogP contribution in [0.25, 0.3) is 27.9 Å². The zero-order valence-electron chi connectivity index (χ0n) is 22.8. The summed E-state index contributed by atoms with van der Waals surface area (Å²) in [5, 5.41) is 8.73. The number of hydrogen-bond donors (Lipinski definition) is 2. The Morgan fingerprint density at radius 3 is 2.51 bits per heavy atom. The minimum atomic E-state index is -1.45. The maximum absolute atomic E-state index is 13.8. The van der Waals surface area contributed by atoms with Crippen LogP contribution in [0.3, 0.4) is 0 Å². The summed E-state index contributed by atoms with van der Waals surface area (Å²) in [4.78, 5) is 28.3. The van der Waals surface area contributed by atoms with Crippen molar-refractivity contribution in [2.75, 3.05) is 53.4 Å². The molecule has 0 radical (unpaired) electrons. The average molecular weight is 596 g/mol. The summed E-state index contributed by atoms with van der Waals surface area (Å²) in [5.74, 6) is 1.04. The van der Waals surface area contributed by atoms with Gasteiger partial charge in [-0.3, -0.25) is 9.69 Å². The first kappa shape index (κ1) is 27.4. The quantitative estimate of drug-likeness (QED) is 0.320. The van der Waals surface area contributed by atoms with Crippen molar-refractivity contribution < 1.29 is 9.53 Å². The molecule has 11 heteroatoms. The second kappa shape index (κ2) is 11.2. The van der Waals surface area contributed by atoms with Gasteiger partial charge >= 0.3 is 0 Å². The number of aromatic nitrogens is 4. The lowest BCUT2D eigenvalue weighted by Crippen LogP contribution is -2.57. The molecule has 0 aliphatic carbocycles. The SMILES string of the molecule is COc1ccc(-c2nc3c4cccc(Br)c4nc([C@](N)(C(=O)NCCN4CCN(C)CC4)C(C)C)n3n2)cc1. The van der Waals surface area contributed by atoms with Crippen LogP contribution < -0.4 is 15.8 Å². The maximum Gasteiger partial charge on any atom is 0.248 e. The van der Waals surface area contributed by atoms with Gasteiger partial charge in [0.2, 0.25) is 5.91 Å². The van der Waals surface area contributed by atoms with Crippen LogP contribution in [0.4, 0.5) is 0 Å². The number of hydrogen-bond acceptors (Lipinski definition) is 8. The zero-order chi connectivity index (χ0) is 27.7. The van der Waals surface area contributed by atoms with E-state index in [0.29, 0.717) is 29.4 Å². The van der Waals surface area contributed by atoms with Crippen LogP contribution in [0.2, 0.25) is 0 Å². The fourth-order valence-electron chi connectivity index (χ4n) is 4.89. The highest BCUT2D eigenvalue weighted by atomic mass is 79.9. The van der Waals surface area contributed by atoms with E-state index in [-0.39, 0.29) is 11.8 Å². The van der Waals surface area contributed by atoms with Gasteiger partial charge < -0.3 is 20.7 Å². The predicted molar refractivity (Wildman–Crippen MR) is 156 cm³/mol. The number of piperazine rings is 1. The van der Waals surface area contributed by atoms with Crippen molar-refractivity contribution in [3.63, 3.8) is 0 Å². The molecule has 3 heterocycles. The monoisotopic (exact) mass is 594 g/mol. The lowest BCUT2D eigenvalue weighted by molar-refractivity contribution is -0.128. The largest absolute Gasteiger partial charge is 0.497 e. The van der Waals surface area contributed by atoms with Gasteiger partial charge in [0.05, 0.1) is 12.6 Å². The third-order valence-electron chi connectivity index (χ3n) is 7.57. The molecule has 39 heavy (non-hydrogen) atoms. The molecule has 206 valence electrons. The number of methoxy groups -OCH3 is 1. The molecule has 1 aliphatic heterocycles. The topological polar surface area (TPSA) is 114 Å². The first-order valence-corrected chi connectivity index (χ1v) is 14.0. The van der Waals surface area contributed by atoms with Crippen molar-refractivity contribution in [1.82, 2.24) is 34.7 Å². The van der Waals surface area contributed by atoms with E-state index in [1.807, 2.05) is 56.3 Å². The molecule has 3 N–H and O–H groups in total. The van der Waals surface area contributed by atoms with Gasteiger partial charge in [-0.1, -0.05) is 19.9 Å². The molecule has 0 bridgehead atoms. The number of nitrogens with zero attached hydrogens (tertiary/aromatic N) is 6. The van der Waals surface area contributed by atoms with Crippen LogP contribution in [-0.4, -0.2) is 88.7 Å². The number of carbonyl (C=O) groups is 1. The van der Waals surface area contributed by atoms with Crippen LogP contribution in [0.15, 0.2) is 46.9 Å². The highest BCUT2D eigenvalue weighted by Gasteiger charge is 2.44. The number of ether oxygens (including phenoxy) is 1. The van der Waals surface area contributed by atoms with Crippen molar-refractivity contribution in [1.29, 1.82) is 0 Å². The second-order valence-electron chi connectivity index (χ2n) is 10.4. The first-order valence-electron chi connectivity index (χ1n) is 13.2. The van der Waals surface area contributed by atoms with Gasteiger partial charge in [-0.25, -0.2) is 9.97 Å². The number of likely N-dealkylation sites (N-methyl/N-ethyl adjacent to an activating group) is 1. The number of para-hydroxylation sites is 1. The van der Waals surface area contributed by atoms with E-state index in [0.717, 1.165) is 53.9 Å². The lowest BCUT2D eigenvalue weighted by Gasteiger charge is -2.34. The van der Waals surface area contributed by atoms with Crippen LogP contribution in [0, 0.1) is 5.92 Å². The minimum Gasteiger partial charge on any atom is -0.497 e. The molecule has 1 atom stereocenters. The van der Waals surface area contributed by atoms with Crippen LogP contribution >= 0.6 is 15.9 Å². The molecule has 1 fully saturated rings.